The molecule has 1 saturated heterocycles. The summed E-state index contributed by atoms with van der Waals surface area (Å²) in [6, 6.07) is 8.22. The van der Waals surface area contributed by atoms with E-state index in [0.29, 0.717) is 70.5 Å². The van der Waals surface area contributed by atoms with Crippen molar-refractivity contribution in [3.8, 4) is 17.3 Å². The van der Waals surface area contributed by atoms with Gasteiger partial charge in [-0.25, -0.2) is 18.4 Å². The minimum Gasteiger partial charge on any atom is -0.494 e. The first-order valence-electron chi connectivity index (χ1n) is 14.2. The van der Waals surface area contributed by atoms with E-state index in [4.69, 9.17) is 15.5 Å². The Morgan fingerprint density at radius 3 is 2.60 bits per heavy atom. The number of pyridine rings is 1. The number of likely N-dealkylation sites (tertiary alicyclic amines) is 1. The van der Waals surface area contributed by atoms with Gasteiger partial charge < -0.3 is 24.5 Å². The molecule has 11 nitrogen and oxygen atoms in total. The number of aryl methyl sites for hydroxylation is 1. The van der Waals surface area contributed by atoms with Crippen LogP contribution in [0.4, 0.5) is 14.6 Å². The zero-order chi connectivity index (χ0) is 30.8. The van der Waals surface area contributed by atoms with Crippen molar-refractivity contribution in [2.75, 3.05) is 30.8 Å². The average Bonchev–Trinajstić information content (AvgIpc) is 3.60. The van der Waals surface area contributed by atoms with Crippen LogP contribution < -0.4 is 14.8 Å². The lowest BCUT2D eigenvalue weighted by molar-refractivity contribution is 0.0656. The predicted octanol–water partition coefficient (Wildman–Crippen LogP) is 3.95. The second-order valence-electron chi connectivity index (χ2n) is 12.0. The number of nitrogens with two attached hydrogens (primary N) is 1. The van der Waals surface area contributed by atoms with Crippen molar-refractivity contribution in [2.24, 2.45) is 18.7 Å². The number of halogens is 2. The number of aromatic nitrogens is 4. The molecule has 14 heteroatoms. The minimum absolute atomic E-state index is 0.0224. The molecule has 1 saturated carbocycles. The summed E-state index contributed by atoms with van der Waals surface area (Å²) in [7, 11) is -0.881. The van der Waals surface area contributed by atoms with E-state index in [0.717, 1.165) is 31.9 Å². The molecule has 0 radical (unpaired) electrons. The molecule has 2 N–H and O–H groups in total. The normalized spacial score (nSPS) is 19.5. The number of fused-ring (bicyclic) bond motifs is 2. The van der Waals surface area contributed by atoms with Crippen molar-refractivity contribution in [2.45, 2.75) is 51.2 Å². The molecule has 43 heavy (non-hydrogen) atoms. The van der Waals surface area contributed by atoms with Crippen LogP contribution >= 0.6 is 0 Å². The predicted molar refractivity (Wildman–Crippen MR) is 160 cm³/mol. The molecule has 1 amide bonds. The molecule has 4 aromatic rings. The lowest BCUT2D eigenvalue weighted by Crippen LogP contribution is -2.53. The monoisotopic (exact) mass is 615 g/mol. The van der Waals surface area contributed by atoms with Gasteiger partial charge in [0.2, 0.25) is 10.0 Å². The van der Waals surface area contributed by atoms with E-state index in [9.17, 15) is 22.0 Å². The summed E-state index contributed by atoms with van der Waals surface area (Å²) in [4.78, 5) is 24.6. The van der Waals surface area contributed by atoms with Crippen LogP contribution in [0.1, 0.15) is 43.0 Å². The molecule has 6 rings (SSSR count). The van der Waals surface area contributed by atoms with Crippen molar-refractivity contribution in [3.63, 3.8) is 0 Å². The highest BCUT2D eigenvalue weighted by Crippen LogP contribution is 2.38. The SMILES string of the molecule is COc1cc(C(=O)N2CCCC(C)(N)C2)cc2nc(-c3cc4ccc(N(C(F)F)S(C)(=O)=O)nc4n3CC3CC3)n(C)c12. The number of hydrogen-bond donors (Lipinski definition) is 1. The van der Waals surface area contributed by atoms with Crippen LogP contribution in [-0.4, -0.2) is 76.9 Å². The summed E-state index contributed by atoms with van der Waals surface area (Å²) in [5, 5.41) is 0.659. The Morgan fingerprint density at radius 2 is 1.98 bits per heavy atom. The molecule has 2 fully saturated rings. The lowest BCUT2D eigenvalue weighted by Gasteiger charge is -2.37. The summed E-state index contributed by atoms with van der Waals surface area (Å²) >= 11 is 0. The Labute approximate surface area is 248 Å². The van der Waals surface area contributed by atoms with Crippen LogP contribution in [0.3, 0.4) is 0 Å². The molecule has 1 atom stereocenters. The molecular weight excluding hydrogens is 580 g/mol. The second-order valence-corrected chi connectivity index (χ2v) is 13.9. The molecule has 4 heterocycles. The highest BCUT2D eigenvalue weighted by Gasteiger charge is 2.32. The van der Waals surface area contributed by atoms with E-state index >= 15 is 0 Å². The summed E-state index contributed by atoms with van der Waals surface area (Å²) in [6.45, 7) is 0.320. The number of imidazole rings is 1. The number of benzene rings is 1. The minimum atomic E-state index is -4.27. The number of nitrogens with zero attached hydrogens (tertiary/aromatic N) is 6. The highest BCUT2D eigenvalue weighted by atomic mass is 32.2. The Kier molecular flexibility index (Phi) is 7.11. The standard InChI is InChI=1S/C29H35F2N7O4S/c1-29(32)10-5-11-36(16-29)27(39)19-12-20-24(22(14-19)42-3)35(2)26(33-20)21-13-18-8-9-23(38(28(30)31)43(4,40)41)34-25(18)37(21)15-17-6-7-17/h8-9,12-14,17,28H,5-7,10-11,15-16,32H2,1-4H3. The van der Waals surface area contributed by atoms with E-state index < -0.39 is 22.1 Å². The van der Waals surface area contributed by atoms with Crippen molar-refractivity contribution in [1.82, 2.24) is 24.0 Å². The number of anilines is 1. The van der Waals surface area contributed by atoms with Gasteiger partial charge in [0.1, 0.15) is 22.7 Å². The number of amides is 1. The summed E-state index contributed by atoms with van der Waals surface area (Å²) < 4.78 is 61.5. The fourth-order valence-electron chi connectivity index (χ4n) is 6.03. The number of rotatable bonds is 8. The van der Waals surface area contributed by atoms with Gasteiger partial charge >= 0.3 is 6.55 Å². The Hall–Kier alpha value is -3.78. The molecule has 1 aliphatic heterocycles. The lowest BCUT2D eigenvalue weighted by atomic mass is 9.92. The third kappa shape index (κ3) is 5.42. The molecule has 230 valence electrons. The van der Waals surface area contributed by atoms with E-state index in [1.54, 1.807) is 30.2 Å². The number of ether oxygens (including phenoxy) is 1. The molecule has 1 aromatic carbocycles. The fraction of sp³-hybridized carbons (Fsp3) is 0.483. The molecule has 1 aliphatic carbocycles. The van der Waals surface area contributed by atoms with Gasteiger partial charge in [0, 0.05) is 43.2 Å². The fourth-order valence-corrected chi connectivity index (χ4v) is 6.76. The van der Waals surface area contributed by atoms with Crippen molar-refractivity contribution in [3.05, 3.63) is 35.9 Å². The van der Waals surface area contributed by atoms with Gasteiger partial charge in [0.15, 0.2) is 5.82 Å². The van der Waals surface area contributed by atoms with Gasteiger partial charge in [-0.15, -0.1) is 0 Å². The van der Waals surface area contributed by atoms with Gasteiger partial charge in [-0.2, -0.15) is 13.1 Å². The molecule has 0 bridgehead atoms. The smallest absolute Gasteiger partial charge is 0.329 e. The van der Waals surface area contributed by atoms with E-state index in [1.807, 2.05) is 29.2 Å². The number of methoxy groups -OCH3 is 1. The van der Waals surface area contributed by atoms with Crippen LogP contribution in [0.15, 0.2) is 30.3 Å². The Morgan fingerprint density at radius 1 is 1.23 bits per heavy atom. The van der Waals surface area contributed by atoms with Crippen LogP contribution in [0.5, 0.6) is 5.75 Å². The van der Waals surface area contributed by atoms with E-state index in [1.165, 1.54) is 6.07 Å². The average molecular weight is 616 g/mol. The summed E-state index contributed by atoms with van der Waals surface area (Å²) in [6.07, 6.45) is 4.44. The zero-order valence-corrected chi connectivity index (χ0v) is 25.4. The first-order valence-corrected chi connectivity index (χ1v) is 16.0. The molecule has 1 unspecified atom stereocenters. The van der Waals surface area contributed by atoms with Crippen molar-refractivity contribution >= 4 is 43.8 Å². The second kappa shape index (κ2) is 10.4. The van der Waals surface area contributed by atoms with Gasteiger partial charge in [0.05, 0.1) is 24.6 Å². The number of piperidine rings is 1. The third-order valence-electron chi connectivity index (χ3n) is 8.27. The van der Waals surface area contributed by atoms with Crippen molar-refractivity contribution in [1.29, 1.82) is 0 Å². The number of alkyl halides is 2. The van der Waals surface area contributed by atoms with Crippen LogP contribution in [0.25, 0.3) is 33.6 Å². The maximum atomic E-state index is 13.8. The van der Waals surface area contributed by atoms with Gasteiger partial charge in [-0.3, -0.25) is 4.79 Å². The van der Waals surface area contributed by atoms with Gasteiger partial charge in [-0.1, -0.05) is 0 Å². The number of hydrogen-bond acceptors (Lipinski definition) is 7. The maximum Gasteiger partial charge on any atom is 0.329 e. The van der Waals surface area contributed by atoms with E-state index in [2.05, 4.69) is 4.98 Å². The quantitative estimate of drug-likeness (QED) is 0.297. The van der Waals surface area contributed by atoms with Crippen LogP contribution in [0, 0.1) is 5.92 Å². The summed E-state index contributed by atoms with van der Waals surface area (Å²) in [5.74, 6) is 0.942. The first kappa shape index (κ1) is 29.3. The number of carbonyl (C=O) groups excluding carboxylic acids is 1. The van der Waals surface area contributed by atoms with Gasteiger partial charge in [-0.05, 0) is 68.9 Å². The van der Waals surface area contributed by atoms with Gasteiger partial charge in [0.25, 0.3) is 5.91 Å². The molecular formula is C29H35F2N7O4S. The molecule has 3 aromatic heterocycles. The largest absolute Gasteiger partial charge is 0.494 e. The molecule has 2 aliphatic rings. The summed E-state index contributed by atoms with van der Waals surface area (Å²) in [5.41, 5.74) is 8.68. The first-order chi connectivity index (χ1) is 20.3. The zero-order valence-electron chi connectivity index (χ0n) is 24.5. The Bertz CT molecular complexity index is 1850. The number of carbonyl (C=O) groups is 1. The third-order valence-corrected chi connectivity index (χ3v) is 9.33. The highest BCUT2D eigenvalue weighted by molar-refractivity contribution is 7.92. The number of sulfonamides is 1. The van der Waals surface area contributed by atoms with Crippen LogP contribution in [-0.2, 0) is 23.6 Å². The maximum absolute atomic E-state index is 13.8. The Balaban J connectivity index is 1.48. The van der Waals surface area contributed by atoms with Crippen molar-refractivity contribution < 1.29 is 26.7 Å². The topological polar surface area (TPSA) is 129 Å². The van der Waals surface area contributed by atoms with Crippen LogP contribution in [0.2, 0.25) is 0 Å². The van der Waals surface area contributed by atoms with E-state index in [-0.39, 0.29) is 16.0 Å². The molecule has 0 spiro atoms.